The Hall–Kier alpha value is -3.38. The number of benzene rings is 1. The Morgan fingerprint density at radius 1 is 1.20 bits per heavy atom. The van der Waals surface area contributed by atoms with Gasteiger partial charge >= 0.3 is 5.97 Å². The Kier molecular flexibility index (Phi) is 9.75. The summed E-state index contributed by atoms with van der Waals surface area (Å²) in [6, 6.07) is 6.97. The maximum atomic E-state index is 13.0. The van der Waals surface area contributed by atoms with Crippen LogP contribution in [0.15, 0.2) is 29.4 Å². The van der Waals surface area contributed by atoms with Crippen molar-refractivity contribution in [3.63, 3.8) is 0 Å². The number of fused-ring (bicyclic) bond motifs is 1. The summed E-state index contributed by atoms with van der Waals surface area (Å²) in [6.45, 7) is 8.94. The molecule has 41 heavy (non-hydrogen) atoms. The van der Waals surface area contributed by atoms with Crippen molar-refractivity contribution in [2.24, 2.45) is 18.4 Å². The number of para-hydroxylation sites is 1. The number of esters is 1. The van der Waals surface area contributed by atoms with E-state index < -0.39 is 5.97 Å². The first-order valence-corrected chi connectivity index (χ1v) is 15.4. The van der Waals surface area contributed by atoms with Crippen LogP contribution in [0.1, 0.15) is 71.1 Å². The Balaban J connectivity index is 1.39. The van der Waals surface area contributed by atoms with Crippen molar-refractivity contribution in [2.45, 2.75) is 58.7 Å². The van der Waals surface area contributed by atoms with Gasteiger partial charge in [0.2, 0.25) is 5.91 Å². The SMILES string of the molecule is CCOC(=O)c1c(NC(=O)CSc2nnc(CNC(=O)c3ccccc3OC)n2C)sc2c1CCC(C(C)(C)C)C2. The number of ether oxygens (including phenoxy) is 2. The minimum atomic E-state index is -0.393. The van der Waals surface area contributed by atoms with Crippen LogP contribution in [0.4, 0.5) is 5.00 Å². The van der Waals surface area contributed by atoms with E-state index in [4.69, 9.17) is 9.47 Å². The Morgan fingerprint density at radius 2 is 1.95 bits per heavy atom. The average Bonchev–Trinajstić information content (AvgIpc) is 3.48. The molecule has 0 bridgehead atoms. The first-order chi connectivity index (χ1) is 19.5. The van der Waals surface area contributed by atoms with Gasteiger partial charge in [0.1, 0.15) is 10.8 Å². The average molecular weight is 600 g/mol. The molecule has 0 spiro atoms. The summed E-state index contributed by atoms with van der Waals surface area (Å²) in [4.78, 5) is 39.7. The third-order valence-corrected chi connectivity index (χ3v) is 9.43. The van der Waals surface area contributed by atoms with Crippen LogP contribution in [0.5, 0.6) is 5.75 Å². The van der Waals surface area contributed by atoms with Gasteiger partial charge in [0.15, 0.2) is 11.0 Å². The number of carbonyl (C=O) groups is 3. The second kappa shape index (κ2) is 13.1. The molecule has 2 aromatic heterocycles. The van der Waals surface area contributed by atoms with Crippen molar-refractivity contribution in [3.8, 4) is 5.75 Å². The van der Waals surface area contributed by atoms with Crippen LogP contribution in [-0.2, 0) is 36.0 Å². The highest BCUT2D eigenvalue weighted by molar-refractivity contribution is 7.99. The van der Waals surface area contributed by atoms with E-state index in [0.29, 0.717) is 38.8 Å². The lowest BCUT2D eigenvalue weighted by molar-refractivity contribution is -0.113. The fourth-order valence-electron chi connectivity index (χ4n) is 4.84. The number of carbonyl (C=O) groups excluding carboxylic acids is 3. The molecule has 4 rings (SSSR count). The molecule has 220 valence electrons. The molecule has 1 unspecified atom stereocenters. The van der Waals surface area contributed by atoms with Crippen LogP contribution in [0.25, 0.3) is 0 Å². The monoisotopic (exact) mass is 599 g/mol. The van der Waals surface area contributed by atoms with Gasteiger partial charge in [-0.15, -0.1) is 21.5 Å². The van der Waals surface area contributed by atoms with Crippen molar-refractivity contribution in [3.05, 3.63) is 51.7 Å². The number of thioether (sulfide) groups is 1. The summed E-state index contributed by atoms with van der Waals surface area (Å²) in [5.41, 5.74) is 2.09. The van der Waals surface area contributed by atoms with E-state index in [1.165, 1.54) is 30.2 Å². The smallest absolute Gasteiger partial charge is 0.341 e. The van der Waals surface area contributed by atoms with E-state index in [0.717, 1.165) is 29.7 Å². The molecule has 1 aromatic carbocycles. The third kappa shape index (κ3) is 7.10. The van der Waals surface area contributed by atoms with Crippen LogP contribution >= 0.6 is 23.1 Å². The largest absolute Gasteiger partial charge is 0.496 e. The zero-order valence-corrected chi connectivity index (χ0v) is 26.0. The first-order valence-electron chi connectivity index (χ1n) is 13.6. The molecule has 3 aromatic rings. The molecule has 1 atom stereocenters. The van der Waals surface area contributed by atoms with Gasteiger partial charge in [0, 0.05) is 11.9 Å². The highest BCUT2D eigenvalue weighted by Gasteiger charge is 2.34. The van der Waals surface area contributed by atoms with Crippen LogP contribution in [0, 0.1) is 11.3 Å². The maximum Gasteiger partial charge on any atom is 0.341 e. The summed E-state index contributed by atoms with van der Waals surface area (Å²) in [6.07, 6.45) is 2.67. The lowest BCUT2D eigenvalue weighted by atomic mass is 9.72. The number of hydrogen-bond acceptors (Lipinski definition) is 9. The molecule has 0 saturated carbocycles. The van der Waals surface area contributed by atoms with Gasteiger partial charge in [-0.3, -0.25) is 9.59 Å². The van der Waals surface area contributed by atoms with E-state index in [-0.39, 0.29) is 36.1 Å². The van der Waals surface area contributed by atoms with Gasteiger partial charge in [0.05, 0.1) is 37.1 Å². The predicted molar refractivity (Wildman–Crippen MR) is 160 cm³/mol. The molecule has 0 radical (unpaired) electrons. The number of thiophene rings is 1. The van der Waals surface area contributed by atoms with Gasteiger partial charge < -0.3 is 24.7 Å². The number of aromatic nitrogens is 3. The Bertz CT molecular complexity index is 1430. The topological polar surface area (TPSA) is 124 Å². The van der Waals surface area contributed by atoms with Crippen LogP contribution < -0.4 is 15.4 Å². The number of anilines is 1. The second-order valence-electron chi connectivity index (χ2n) is 10.9. The molecule has 0 aliphatic heterocycles. The summed E-state index contributed by atoms with van der Waals surface area (Å²) >= 11 is 2.71. The van der Waals surface area contributed by atoms with E-state index in [1.807, 2.05) is 0 Å². The number of amides is 2. The minimum Gasteiger partial charge on any atom is -0.496 e. The number of nitrogens with one attached hydrogen (secondary N) is 2. The standard InChI is InChI=1S/C29H37N5O5S2/c1-7-39-27(37)24-19-13-12-17(29(2,3)4)14-21(19)41-26(24)31-23(35)16-40-28-33-32-22(34(28)5)15-30-25(36)18-10-8-9-11-20(18)38-6/h8-11,17H,7,12-16H2,1-6H3,(H,30,36)(H,31,35). The van der Waals surface area contributed by atoms with E-state index in [9.17, 15) is 14.4 Å². The molecule has 1 aliphatic rings. The number of nitrogens with zero attached hydrogens (tertiary/aromatic N) is 3. The fourth-order valence-corrected chi connectivity index (χ4v) is 6.90. The molecule has 10 nitrogen and oxygen atoms in total. The third-order valence-electron chi connectivity index (χ3n) is 7.24. The highest BCUT2D eigenvalue weighted by atomic mass is 32.2. The molecular weight excluding hydrogens is 562 g/mol. The lowest BCUT2D eigenvalue weighted by Crippen LogP contribution is -2.26. The molecular formula is C29H37N5O5S2. The Labute approximate surface area is 248 Å². The predicted octanol–water partition coefficient (Wildman–Crippen LogP) is 4.87. The van der Waals surface area contributed by atoms with Crippen molar-refractivity contribution in [1.29, 1.82) is 0 Å². The van der Waals surface area contributed by atoms with Crippen molar-refractivity contribution in [2.75, 3.05) is 24.8 Å². The van der Waals surface area contributed by atoms with Crippen LogP contribution in [0.2, 0.25) is 0 Å². The van der Waals surface area contributed by atoms with Gasteiger partial charge in [0.25, 0.3) is 5.91 Å². The fraction of sp³-hybridized carbons (Fsp3) is 0.483. The van der Waals surface area contributed by atoms with Crippen molar-refractivity contribution in [1.82, 2.24) is 20.1 Å². The second-order valence-corrected chi connectivity index (χ2v) is 13.0. The number of rotatable bonds is 10. The van der Waals surface area contributed by atoms with Crippen molar-refractivity contribution < 1.29 is 23.9 Å². The van der Waals surface area contributed by atoms with Gasteiger partial charge in [-0.2, -0.15) is 0 Å². The zero-order chi connectivity index (χ0) is 29.7. The summed E-state index contributed by atoms with van der Waals surface area (Å²) in [7, 11) is 3.30. The molecule has 2 N–H and O–H groups in total. The van der Waals surface area contributed by atoms with Gasteiger partial charge in [-0.25, -0.2) is 4.79 Å². The highest BCUT2D eigenvalue weighted by Crippen LogP contribution is 2.44. The van der Waals surface area contributed by atoms with Crippen molar-refractivity contribution >= 4 is 45.9 Å². The van der Waals surface area contributed by atoms with Gasteiger partial charge in [-0.1, -0.05) is 44.7 Å². The quantitative estimate of drug-likeness (QED) is 0.250. The lowest BCUT2D eigenvalue weighted by Gasteiger charge is -2.33. The summed E-state index contributed by atoms with van der Waals surface area (Å²) in [5.74, 6) is 0.679. The zero-order valence-electron chi connectivity index (χ0n) is 24.3. The normalized spacial score (nSPS) is 14.7. The summed E-state index contributed by atoms with van der Waals surface area (Å²) < 4.78 is 12.3. The van der Waals surface area contributed by atoms with Crippen LogP contribution in [-0.4, -0.2) is 52.0 Å². The first kappa shape index (κ1) is 30.6. The summed E-state index contributed by atoms with van der Waals surface area (Å²) in [5, 5.41) is 15.2. The number of hydrogen-bond donors (Lipinski definition) is 2. The molecule has 0 saturated heterocycles. The van der Waals surface area contributed by atoms with E-state index >= 15 is 0 Å². The Morgan fingerprint density at radius 3 is 2.66 bits per heavy atom. The molecule has 2 amide bonds. The molecule has 2 heterocycles. The van der Waals surface area contributed by atoms with E-state index in [2.05, 4.69) is 41.6 Å². The molecule has 1 aliphatic carbocycles. The number of methoxy groups -OCH3 is 1. The minimum absolute atomic E-state index is 0.0784. The van der Waals surface area contributed by atoms with Crippen LogP contribution in [0.3, 0.4) is 0 Å². The maximum absolute atomic E-state index is 13.0. The van der Waals surface area contributed by atoms with E-state index in [1.54, 1.807) is 42.8 Å². The molecule has 0 fully saturated rings. The molecule has 12 heteroatoms. The van der Waals surface area contributed by atoms with Gasteiger partial charge in [-0.05, 0) is 55.2 Å².